The van der Waals surface area contributed by atoms with E-state index in [9.17, 15) is 0 Å². The second kappa shape index (κ2) is 4.13. The Kier molecular flexibility index (Phi) is 2.65. The highest BCUT2D eigenvalue weighted by atomic mass is 16.5. The molecule has 1 nitrogen and oxygen atoms in total. The van der Waals surface area contributed by atoms with Crippen LogP contribution in [0.3, 0.4) is 0 Å². The molecule has 0 saturated carbocycles. The van der Waals surface area contributed by atoms with Gasteiger partial charge < -0.3 is 4.74 Å². The first-order valence-corrected chi connectivity index (χ1v) is 4.82. The molecule has 0 radical (unpaired) electrons. The van der Waals surface area contributed by atoms with Crippen LogP contribution in [0.2, 0.25) is 0 Å². The van der Waals surface area contributed by atoms with Crippen molar-refractivity contribution in [3.05, 3.63) is 42.0 Å². The predicted octanol–water partition coefficient (Wildman–Crippen LogP) is 2.96. The van der Waals surface area contributed by atoms with Gasteiger partial charge in [0.1, 0.15) is 12.4 Å². The van der Waals surface area contributed by atoms with Gasteiger partial charge in [0.15, 0.2) is 0 Å². The van der Waals surface area contributed by atoms with E-state index in [4.69, 9.17) is 4.74 Å². The molecule has 1 heterocycles. The topological polar surface area (TPSA) is 9.23 Å². The molecule has 1 aromatic carbocycles. The number of allylic oxidation sites excluding steroid dienone is 1. The van der Waals surface area contributed by atoms with Crippen LogP contribution in [0.15, 0.2) is 36.4 Å². The molecule has 0 aliphatic carbocycles. The molecule has 0 amide bonds. The summed E-state index contributed by atoms with van der Waals surface area (Å²) in [7, 11) is 0. The fraction of sp³-hybridized carbons (Fsp3) is 0.333. The second-order valence-electron chi connectivity index (χ2n) is 3.28. The third-order valence-electron chi connectivity index (χ3n) is 2.29. The largest absolute Gasteiger partial charge is 0.489 e. The summed E-state index contributed by atoms with van der Waals surface area (Å²) in [6.07, 6.45) is 7.81. The number of para-hydroxylation sites is 1. The zero-order valence-corrected chi connectivity index (χ0v) is 7.70. The summed E-state index contributed by atoms with van der Waals surface area (Å²) in [5, 5.41) is 0. The fourth-order valence-electron chi connectivity index (χ4n) is 1.59. The Bertz CT molecular complexity index is 302. The number of aryl methyl sites for hydroxylation is 1. The highest BCUT2D eigenvalue weighted by molar-refractivity contribution is 5.33. The van der Waals surface area contributed by atoms with E-state index >= 15 is 0 Å². The van der Waals surface area contributed by atoms with Crippen LogP contribution >= 0.6 is 0 Å². The quantitative estimate of drug-likeness (QED) is 0.549. The molecule has 1 aliphatic heterocycles. The van der Waals surface area contributed by atoms with E-state index in [1.54, 1.807) is 0 Å². The van der Waals surface area contributed by atoms with Crippen molar-refractivity contribution in [3.8, 4) is 5.75 Å². The predicted molar refractivity (Wildman–Crippen MR) is 54.0 cm³/mol. The minimum absolute atomic E-state index is 0.705. The van der Waals surface area contributed by atoms with E-state index in [1.807, 2.05) is 6.07 Å². The Hall–Kier alpha value is -1.24. The number of ether oxygens (including phenoxy) is 1. The van der Waals surface area contributed by atoms with Crippen molar-refractivity contribution in [2.45, 2.75) is 19.3 Å². The van der Waals surface area contributed by atoms with Gasteiger partial charge in [-0.3, -0.25) is 0 Å². The second-order valence-corrected chi connectivity index (χ2v) is 3.28. The molecule has 1 aromatic rings. The van der Waals surface area contributed by atoms with E-state index in [0.717, 1.165) is 18.6 Å². The average molecular weight is 174 g/mol. The molecule has 0 atom stereocenters. The first-order valence-electron chi connectivity index (χ1n) is 4.82. The van der Waals surface area contributed by atoms with Crippen LogP contribution < -0.4 is 4.74 Å². The Labute approximate surface area is 79.0 Å². The van der Waals surface area contributed by atoms with Gasteiger partial charge in [-0.05, 0) is 30.9 Å². The van der Waals surface area contributed by atoms with Crippen LogP contribution in [-0.4, -0.2) is 6.61 Å². The van der Waals surface area contributed by atoms with Gasteiger partial charge in [-0.25, -0.2) is 0 Å². The molecule has 0 bridgehead atoms. The minimum Gasteiger partial charge on any atom is -0.489 e. The summed E-state index contributed by atoms with van der Waals surface area (Å²) in [6, 6.07) is 8.31. The Balaban J connectivity index is 2.22. The molecule has 0 unspecified atom stereocenters. The summed E-state index contributed by atoms with van der Waals surface area (Å²) in [6.45, 7) is 0.705. The van der Waals surface area contributed by atoms with Gasteiger partial charge in [-0.2, -0.15) is 0 Å². The lowest BCUT2D eigenvalue weighted by Gasteiger charge is -2.07. The van der Waals surface area contributed by atoms with Crippen molar-refractivity contribution in [1.82, 2.24) is 0 Å². The highest BCUT2D eigenvalue weighted by Crippen LogP contribution is 2.21. The lowest BCUT2D eigenvalue weighted by molar-refractivity contribution is 0.359. The first kappa shape index (κ1) is 8.36. The van der Waals surface area contributed by atoms with E-state index in [1.165, 1.54) is 12.0 Å². The van der Waals surface area contributed by atoms with Crippen LogP contribution in [0, 0.1) is 0 Å². The van der Waals surface area contributed by atoms with E-state index in [0.29, 0.717) is 6.61 Å². The monoisotopic (exact) mass is 174 g/mol. The number of fused-ring (bicyclic) bond motifs is 1. The van der Waals surface area contributed by atoms with E-state index < -0.39 is 0 Å². The fourth-order valence-corrected chi connectivity index (χ4v) is 1.59. The minimum atomic E-state index is 0.705. The summed E-state index contributed by atoms with van der Waals surface area (Å²) in [5.41, 5.74) is 1.34. The van der Waals surface area contributed by atoms with Gasteiger partial charge in [0, 0.05) is 0 Å². The van der Waals surface area contributed by atoms with Crippen molar-refractivity contribution in [1.29, 1.82) is 0 Å². The van der Waals surface area contributed by atoms with Crippen LogP contribution in [0.25, 0.3) is 0 Å². The maximum Gasteiger partial charge on any atom is 0.122 e. The van der Waals surface area contributed by atoms with Crippen LogP contribution in [0.5, 0.6) is 5.75 Å². The van der Waals surface area contributed by atoms with Crippen LogP contribution in [0.1, 0.15) is 18.4 Å². The third-order valence-corrected chi connectivity index (χ3v) is 2.29. The number of rotatable bonds is 0. The lowest BCUT2D eigenvalue weighted by atomic mass is 10.1. The van der Waals surface area contributed by atoms with Crippen molar-refractivity contribution >= 4 is 0 Å². The maximum absolute atomic E-state index is 5.62. The van der Waals surface area contributed by atoms with Crippen molar-refractivity contribution < 1.29 is 4.74 Å². The molecular weight excluding hydrogens is 160 g/mol. The van der Waals surface area contributed by atoms with E-state index in [2.05, 4.69) is 30.4 Å². The van der Waals surface area contributed by atoms with Crippen LogP contribution in [0.4, 0.5) is 0 Å². The summed E-state index contributed by atoms with van der Waals surface area (Å²) in [4.78, 5) is 0. The van der Waals surface area contributed by atoms with Crippen molar-refractivity contribution in [2.75, 3.05) is 6.61 Å². The van der Waals surface area contributed by atoms with Gasteiger partial charge in [0.2, 0.25) is 0 Å². The SMILES string of the molecule is C1=C\COc2ccccc2CCC/1. The van der Waals surface area contributed by atoms with Crippen LogP contribution in [-0.2, 0) is 6.42 Å². The van der Waals surface area contributed by atoms with Gasteiger partial charge >= 0.3 is 0 Å². The van der Waals surface area contributed by atoms with E-state index in [-0.39, 0.29) is 0 Å². The summed E-state index contributed by atoms with van der Waals surface area (Å²) in [5.74, 6) is 1.05. The molecular formula is C12H14O. The molecule has 1 aliphatic rings. The Morgan fingerprint density at radius 3 is 3.00 bits per heavy atom. The number of benzene rings is 1. The van der Waals surface area contributed by atoms with Crippen molar-refractivity contribution in [2.24, 2.45) is 0 Å². The highest BCUT2D eigenvalue weighted by Gasteiger charge is 2.02. The lowest BCUT2D eigenvalue weighted by Crippen LogP contribution is -1.96. The summed E-state index contributed by atoms with van der Waals surface area (Å²) < 4.78 is 5.62. The number of hydrogen-bond donors (Lipinski definition) is 0. The Morgan fingerprint density at radius 1 is 1.08 bits per heavy atom. The number of hydrogen-bond acceptors (Lipinski definition) is 1. The smallest absolute Gasteiger partial charge is 0.122 e. The zero-order valence-electron chi connectivity index (χ0n) is 7.70. The average Bonchev–Trinajstić information content (AvgIpc) is 2.28. The molecule has 0 N–H and O–H groups in total. The normalized spacial score (nSPS) is 18.8. The molecule has 68 valence electrons. The molecule has 2 rings (SSSR count). The molecule has 13 heavy (non-hydrogen) atoms. The molecule has 1 heteroatoms. The molecule has 0 spiro atoms. The zero-order chi connectivity index (χ0) is 8.93. The Morgan fingerprint density at radius 2 is 2.00 bits per heavy atom. The molecule has 0 fully saturated rings. The van der Waals surface area contributed by atoms with Crippen molar-refractivity contribution in [3.63, 3.8) is 0 Å². The van der Waals surface area contributed by atoms with Gasteiger partial charge in [0.25, 0.3) is 0 Å². The first-order chi connectivity index (χ1) is 6.47. The standard InChI is InChI=1S/C12H14O/c1-2-6-10-13-12-9-5-4-8-11(12)7-3-1/h2,4-6,8-9H,1,3,7,10H2/b6-2-. The third kappa shape index (κ3) is 2.11. The summed E-state index contributed by atoms with van der Waals surface area (Å²) >= 11 is 0. The van der Waals surface area contributed by atoms with Gasteiger partial charge in [-0.1, -0.05) is 30.4 Å². The van der Waals surface area contributed by atoms with Gasteiger partial charge in [-0.15, -0.1) is 0 Å². The maximum atomic E-state index is 5.62. The van der Waals surface area contributed by atoms with Gasteiger partial charge in [0.05, 0.1) is 0 Å². The molecule has 0 saturated heterocycles. The molecule has 0 aromatic heterocycles.